The number of ether oxygens (including phenoxy) is 2. The summed E-state index contributed by atoms with van der Waals surface area (Å²) in [5, 5.41) is 15.6. The van der Waals surface area contributed by atoms with E-state index in [4.69, 9.17) is 15.2 Å². The van der Waals surface area contributed by atoms with Crippen LogP contribution in [-0.2, 0) is 39.9 Å². The second kappa shape index (κ2) is 19.2. The summed E-state index contributed by atoms with van der Waals surface area (Å²) in [5.41, 5.74) is 5.69. The molecule has 282 valence electrons. The third kappa shape index (κ3) is 11.2. The van der Waals surface area contributed by atoms with Crippen molar-refractivity contribution in [3.05, 3.63) is 35.9 Å². The van der Waals surface area contributed by atoms with Gasteiger partial charge in [0.2, 0.25) is 23.6 Å². The van der Waals surface area contributed by atoms with Crippen LogP contribution in [0, 0.1) is 17.8 Å². The molecule has 50 heavy (non-hydrogen) atoms. The topological polar surface area (TPSA) is 181 Å². The Balaban J connectivity index is 2.23. The van der Waals surface area contributed by atoms with Gasteiger partial charge >= 0.3 is 5.97 Å². The van der Waals surface area contributed by atoms with E-state index in [0.717, 1.165) is 5.56 Å². The number of likely N-dealkylation sites (tertiary alicyclic amines) is 1. The van der Waals surface area contributed by atoms with Crippen molar-refractivity contribution in [2.24, 2.45) is 23.5 Å². The SMILES string of the molecule is CC[C@H](C)[C@H](NC(=O)[C@H](C(C)C)N(C)C(=O)C(C)(C)N)[C@@H](CC(=O)N1CCC[C@H]1[C@H](OC)[C@@H](C)C(=O)N[C@@H](Cc1ccccc1)C(=O)O)OC. The minimum atomic E-state index is -1.16. The van der Waals surface area contributed by atoms with E-state index < -0.39 is 59.7 Å². The maximum absolute atomic E-state index is 14.0. The molecule has 8 atom stereocenters. The molecule has 13 nitrogen and oxygen atoms in total. The van der Waals surface area contributed by atoms with E-state index in [2.05, 4.69) is 10.6 Å². The summed E-state index contributed by atoms with van der Waals surface area (Å²) >= 11 is 0. The predicted octanol–water partition coefficient (Wildman–Crippen LogP) is 2.60. The monoisotopic (exact) mass is 703 g/mol. The minimum absolute atomic E-state index is 0.0333. The molecule has 4 amide bonds. The highest BCUT2D eigenvalue weighted by Crippen LogP contribution is 2.29. The molecule has 1 aliphatic heterocycles. The maximum atomic E-state index is 14.0. The Labute approximate surface area is 298 Å². The zero-order chi connectivity index (χ0) is 37.9. The summed E-state index contributed by atoms with van der Waals surface area (Å²) in [6.07, 6.45) is 0.723. The van der Waals surface area contributed by atoms with Gasteiger partial charge in [0.05, 0.1) is 42.2 Å². The number of carboxylic acid groups (broad SMARTS) is 1. The summed E-state index contributed by atoms with van der Waals surface area (Å²) in [5.74, 6) is -3.59. The number of nitrogens with zero attached hydrogens (tertiary/aromatic N) is 2. The highest BCUT2D eigenvalue weighted by atomic mass is 16.5. The molecule has 5 N–H and O–H groups in total. The molecule has 1 aliphatic rings. The van der Waals surface area contributed by atoms with Crippen LogP contribution in [-0.4, -0.2) is 114 Å². The Morgan fingerprint density at radius 1 is 1.02 bits per heavy atom. The number of hydrogen-bond acceptors (Lipinski definition) is 8. The molecule has 0 spiro atoms. The van der Waals surface area contributed by atoms with E-state index in [1.807, 2.05) is 45.9 Å². The first-order valence-corrected chi connectivity index (χ1v) is 17.7. The molecule has 1 fully saturated rings. The van der Waals surface area contributed by atoms with Crippen LogP contribution in [0.15, 0.2) is 30.3 Å². The first kappa shape index (κ1) is 42.6. The number of rotatable bonds is 19. The molecular weight excluding hydrogens is 642 g/mol. The van der Waals surface area contributed by atoms with Crippen LogP contribution in [0.4, 0.5) is 0 Å². The predicted molar refractivity (Wildman–Crippen MR) is 191 cm³/mol. The molecule has 0 unspecified atom stereocenters. The van der Waals surface area contributed by atoms with Crippen molar-refractivity contribution in [1.29, 1.82) is 0 Å². The van der Waals surface area contributed by atoms with Gasteiger partial charge < -0.3 is 40.7 Å². The van der Waals surface area contributed by atoms with Gasteiger partial charge in [-0.25, -0.2) is 4.79 Å². The molecule has 1 heterocycles. The smallest absolute Gasteiger partial charge is 0.326 e. The minimum Gasteiger partial charge on any atom is -0.480 e. The number of hydrogen-bond donors (Lipinski definition) is 4. The summed E-state index contributed by atoms with van der Waals surface area (Å²) in [7, 11) is 4.56. The first-order chi connectivity index (χ1) is 23.4. The zero-order valence-electron chi connectivity index (χ0n) is 31.6. The average Bonchev–Trinajstić information content (AvgIpc) is 3.55. The van der Waals surface area contributed by atoms with E-state index in [9.17, 15) is 29.1 Å². The first-order valence-electron chi connectivity index (χ1n) is 17.7. The van der Waals surface area contributed by atoms with E-state index in [1.54, 1.807) is 44.9 Å². The van der Waals surface area contributed by atoms with Crippen LogP contribution >= 0.6 is 0 Å². The van der Waals surface area contributed by atoms with E-state index in [1.165, 1.54) is 19.1 Å². The molecule has 1 saturated heterocycles. The van der Waals surface area contributed by atoms with E-state index >= 15 is 0 Å². The number of aliphatic carboxylic acids is 1. The van der Waals surface area contributed by atoms with Crippen molar-refractivity contribution in [1.82, 2.24) is 20.4 Å². The second-order valence-corrected chi connectivity index (χ2v) is 14.6. The quantitative estimate of drug-likeness (QED) is 0.168. The van der Waals surface area contributed by atoms with Crippen LogP contribution in [0.1, 0.15) is 79.7 Å². The Morgan fingerprint density at radius 2 is 1.64 bits per heavy atom. The maximum Gasteiger partial charge on any atom is 0.326 e. The normalized spacial score (nSPS) is 19.1. The van der Waals surface area contributed by atoms with Crippen molar-refractivity contribution in [2.45, 2.75) is 122 Å². The standard InChI is InChI=1S/C37H61N5O8/c1-11-23(4)30(40-34(45)31(22(2)3)41(8)36(48)37(6,7)38)28(49-9)21-29(43)42-19-15-18-27(42)32(50-10)24(5)33(44)39-26(35(46)47)20-25-16-13-12-14-17-25/h12-14,16-17,22-24,26-28,30-32H,11,15,18-21,38H2,1-10H3,(H,39,44)(H,40,45)(H,46,47)/t23-,24+,26-,27-,28+,30-,31-,32+/m0/s1. The van der Waals surface area contributed by atoms with Gasteiger partial charge in [-0.2, -0.15) is 0 Å². The molecule has 0 aliphatic carbocycles. The van der Waals surface area contributed by atoms with Crippen LogP contribution in [0.3, 0.4) is 0 Å². The van der Waals surface area contributed by atoms with Crippen molar-refractivity contribution in [3.63, 3.8) is 0 Å². The van der Waals surface area contributed by atoms with Crippen molar-refractivity contribution < 1.29 is 38.6 Å². The summed E-state index contributed by atoms with van der Waals surface area (Å²) in [4.78, 5) is 69.3. The third-order valence-electron chi connectivity index (χ3n) is 9.91. The summed E-state index contributed by atoms with van der Waals surface area (Å²) < 4.78 is 11.7. The highest BCUT2D eigenvalue weighted by molar-refractivity contribution is 5.91. The molecule has 2 rings (SSSR count). The van der Waals surface area contributed by atoms with E-state index in [0.29, 0.717) is 25.8 Å². The number of nitrogens with two attached hydrogens (primary N) is 1. The van der Waals surface area contributed by atoms with Crippen molar-refractivity contribution in [2.75, 3.05) is 27.8 Å². The lowest BCUT2D eigenvalue weighted by Gasteiger charge is -2.38. The number of carbonyl (C=O) groups is 5. The lowest BCUT2D eigenvalue weighted by Crippen LogP contribution is -2.60. The van der Waals surface area contributed by atoms with Crippen LogP contribution in [0.5, 0.6) is 0 Å². The van der Waals surface area contributed by atoms with Gasteiger partial charge in [-0.1, -0.05) is 71.4 Å². The molecule has 1 aromatic rings. The number of likely N-dealkylation sites (N-methyl/N-ethyl adjacent to an activating group) is 1. The van der Waals surface area contributed by atoms with Crippen LogP contribution in [0.2, 0.25) is 0 Å². The Kier molecular flexibility index (Phi) is 16.3. The van der Waals surface area contributed by atoms with Crippen LogP contribution < -0.4 is 16.4 Å². The van der Waals surface area contributed by atoms with Gasteiger partial charge in [-0.05, 0) is 44.1 Å². The van der Waals surface area contributed by atoms with Gasteiger partial charge in [0, 0.05) is 34.2 Å². The van der Waals surface area contributed by atoms with Gasteiger partial charge in [-0.3, -0.25) is 19.2 Å². The van der Waals surface area contributed by atoms with Gasteiger partial charge in [-0.15, -0.1) is 0 Å². The Hall–Kier alpha value is -3.55. The molecular formula is C37H61N5O8. The Morgan fingerprint density at radius 3 is 2.14 bits per heavy atom. The number of nitrogens with one attached hydrogen (secondary N) is 2. The van der Waals surface area contributed by atoms with Crippen LogP contribution in [0.25, 0.3) is 0 Å². The van der Waals surface area contributed by atoms with Gasteiger partial charge in [0.15, 0.2) is 0 Å². The number of carbonyl (C=O) groups excluding carboxylic acids is 4. The molecule has 0 bridgehead atoms. The van der Waals surface area contributed by atoms with Crippen molar-refractivity contribution >= 4 is 29.6 Å². The fourth-order valence-electron chi connectivity index (χ4n) is 6.90. The third-order valence-corrected chi connectivity index (χ3v) is 9.91. The lowest BCUT2D eigenvalue weighted by atomic mass is 9.90. The zero-order valence-corrected chi connectivity index (χ0v) is 31.6. The number of amides is 4. The molecule has 13 heteroatoms. The molecule has 1 aromatic carbocycles. The van der Waals surface area contributed by atoms with Gasteiger partial charge in [0.25, 0.3) is 0 Å². The summed E-state index contributed by atoms with van der Waals surface area (Å²) in [6.45, 7) is 13.0. The molecule has 0 radical (unpaired) electrons. The number of carboxylic acids is 1. The Bertz CT molecular complexity index is 1290. The fraction of sp³-hybridized carbons (Fsp3) is 0.703. The fourth-order valence-corrected chi connectivity index (χ4v) is 6.90. The highest BCUT2D eigenvalue weighted by Gasteiger charge is 2.43. The summed E-state index contributed by atoms with van der Waals surface area (Å²) in [6, 6.07) is 6.18. The lowest BCUT2D eigenvalue weighted by molar-refractivity contribution is -0.146. The number of methoxy groups -OCH3 is 2. The van der Waals surface area contributed by atoms with Crippen molar-refractivity contribution in [3.8, 4) is 0 Å². The molecule has 0 aromatic heterocycles. The average molecular weight is 704 g/mol. The largest absolute Gasteiger partial charge is 0.480 e. The number of benzene rings is 1. The van der Waals surface area contributed by atoms with Gasteiger partial charge in [0.1, 0.15) is 12.1 Å². The molecule has 0 saturated carbocycles. The van der Waals surface area contributed by atoms with E-state index in [-0.39, 0.29) is 42.4 Å². The second-order valence-electron chi connectivity index (χ2n) is 14.6.